The Bertz CT molecular complexity index is 1000. The number of H-pyrrole nitrogens is 1. The minimum Gasteiger partial charge on any atom is -0.368 e. The summed E-state index contributed by atoms with van der Waals surface area (Å²) in [5.41, 5.74) is 7.09. The molecular formula is C20H24ClF3N6. The Labute approximate surface area is 177 Å². The Morgan fingerprint density at radius 2 is 2.00 bits per heavy atom. The Morgan fingerprint density at radius 1 is 1.30 bits per heavy atom. The van der Waals surface area contributed by atoms with Gasteiger partial charge in [0.15, 0.2) is 5.69 Å². The molecule has 10 heteroatoms. The van der Waals surface area contributed by atoms with Gasteiger partial charge in [-0.15, -0.1) is 0 Å². The molecule has 162 valence electrons. The molecule has 0 saturated heterocycles. The van der Waals surface area contributed by atoms with Gasteiger partial charge in [-0.05, 0) is 50.3 Å². The summed E-state index contributed by atoms with van der Waals surface area (Å²) in [4.78, 5) is 3.63. The fourth-order valence-electron chi connectivity index (χ4n) is 3.31. The molecule has 1 aliphatic carbocycles. The van der Waals surface area contributed by atoms with Crippen LogP contribution >= 0.6 is 11.6 Å². The van der Waals surface area contributed by atoms with E-state index in [1.165, 1.54) is 4.40 Å². The highest BCUT2D eigenvalue weighted by molar-refractivity contribution is 6.31. The van der Waals surface area contributed by atoms with E-state index in [-0.39, 0.29) is 12.1 Å². The molecule has 6 nitrogen and oxygen atoms in total. The Kier molecular flexibility index (Phi) is 6.72. The van der Waals surface area contributed by atoms with Crippen LogP contribution in [-0.4, -0.2) is 31.7 Å². The quantitative estimate of drug-likeness (QED) is 0.527. The standard InChI is InChI=1S/C14H17F3N4.C6H7ClN2/c15-14(16,17)11-8-21-12(2-1-3-13(21)20-11)19-10-6-4-9(18)5-7-10;1-4(2)5-3-8-9-6(5)7/h1-3,8-10,19H,4-7,18H2;3H,1H2,2H3,(H,8,9). The average molecular weight is 441 g/mol. The summed E-state index contributed by atoms with van der Waals surface area (Å²) in [7, 11) is 0. The highest BCUT2D eigenvalue weighted by Gasteiger charge is 2.34. The largest absolute Gasteiger partial charge is 0.434 e. The van der Waals surface area contributed by atoms with Gasteiger partial charge in [0.1, 0.15) is 16.6 Å². The molecule has 3 aromatic heterocycles. The number of halogens is 4. The number of rotatable bonds is 3. The number of nitrogens with two attached hydrogens (primary N) is 1. The average Bonchev–Trinajstić information content (AvgIpc) is 3.31. The van der Waals surface area contributed by atoms with Crippen molar-refractivity contribution in [1.29, 1.82) is 0 Å². The highest BCUT2D eigenvalue weighted by atomic mass is 35.5. The van der Waals surface area contributed by atoms with Gasteiger partial charge in [-0.2, -0.15) is 18.3 Å². The van der Waals surface area contributed by atoms with Crippen LogP contribution in [0.5, 0.6) is 0 Å². The summed E-state index contributed by atoms with van der Waals surface area (Å²) in [6.07, 6.45) is 1.99. The lowest BCUT2D eigenvalue weighted by molar-refractivity contribution is -0.140. The molecule has 0 atom stereocenters. The predicted octanol–water partition coefficient (Wildman–Crippen LogP) is 5.13. The number of hydrogen-bond donors (Lipinski definition) is 3. The zero-order chi connectivity index (χ0) is 21.9. The maximum atomic E-state index is 12.7. The first-order valence-corrected chi connectivity index (χ1v) is 9.95. The maximum absolute atomic E-state index is 12.7. The van der Waals surface area contributed by atoms with Crippen molar-refractivity contribution in [2.45, 2.75) is 50.9 Å². The fourth-order valence-corrected chi connectivity index (χ4v) is 3.56. The summed E-state index contributed by atoms with van der Waals surface area (Å²) in [6.45, 7) is 5.60. The number of anilines is 1. The topological polar surface area (TPSA) is 84.0 Å². The summed E-state index contributed by atoms with van der Waals surface area (Å²) >= 11 is 5.66. The van der Waals surface area contributed by atoms with Crippen molar-refractivity contribution in [1.82, 2.24) is 19.6 Å². The summed E-state index contributed by atoms with van der Waals surface area (Å²) < 4.78 is 39.7. The Hall–Kier alpha value is -2.52. The van der Waals surface area contributed by atoms with Crippen LogP contribution < -0.4 is 11.1 Å². The van der Waals surface area contributed by atoms with Crippen LogP contribution in [0.2, 0.25) is 5.15 Å². The Morgan fingerprint density at radius 3 is 2.53 bits per heavy atom. The number of allylic oxidation sites excluding steroid dienone is 1. The predicted molar refractivity (Wildman–Crippen MR) is 112 cm³/mol. The first-order valence-electron chi connectivity index (χ1n) is 9.57. The summed E-state index contributed by atoms with van der Waals surface area (Å²) in [5.74, 6) is 0.635. The SMILES string of the molecule is C=C(C)c1cn[nH]c1Cl.NC1CCC(Nc2cccc3nc(C(F)(F)F)cn23)CC1. The minimum absolute atomic E-state index is 0.240. The lowest BCUT2D eigenvalue weighted by atomic mass is 9.92. The van der Waals surface area contributed by atoms with Crippen LogP contribution in [-0.2, 0) is 6.18 Å². The molecule has 0 bridgehead atoms. The van der Waals surface area contributed by atoms with Gasteiger partial charge in [0.2, 0.25) is 0 Å². The number of pyridine rings is 1. The van der Waals surface area contributed by atoms with Gasteiger partial charge in [0.05, 0.1) is 6.20 Å². The van der Waals surface area contributed by atoms with E-state index in [2.05, 4.69) is 27.1 Å². The second-order valence-electron chi connectivity index (χ2n) is 7.40. The van der Waals surface area contributed by atoms with Crippen molar-refractivity contribution in [3.63, 3.8) is 0 Å². The lowest BCUT2D eigenvalue weighted by Crippen LogP contribution is -2.33. The molecule has 1 fully saturated rings. The molecule has 1 aliphatic rings. The molecule has 30 heavy (non-hydrogen) atoms. The highest BCUT2D eigenvalue weighted by Crippen LogP contribution is 2.30. The Balaban J connectivity index is 0.000000239. The van der Waals surface area contributed by atoms with Crippen molar-refractivity contribution in [2.24, 2.45) is 5.73 Å². The number of aromatic amines is 1. The van der Waals surface area contributed by atoms with E-state index in [0.717, 1.165) is 43.0 Å². The molecule has 3 heterocycles. The van der Waals surface area contributed by atoms with Crippen molar-refractivity contribution in [3.05, 3.63) is 53.6 Å². The number of aromatic nitrogens is 4. The molecule has 0 amide bonds. The fraction of sp³-hybridized carbons (Fsp3) is 0.400. The minimum atomic E-state index is -4.43. The van der Waals surface area contributed by atoms with Crippen LogP contribution in [0.1, 0.15) is 43.9 Å². The third-order valence-electron chi connectivity index (χ3n) is 4.96. The van der Waals surface area contributed by atoms with Crippen LogP contribution in [0.3, 0.4) is 0 Å². The van der Waals surface area contributed by atoms with Crippen molar-refractivity contribution < 1.29 is 13.2 Å². The van der Waals surface area contributed by atoms with E-state index in [4.69, 9.17) is 17.3 Å². The van der Waals surface area contributed by atoms with E-state index in [0.29, 0.717) is 16.6 Å². The first-order chi connectivity index (χ1) is 14.1. The van der Waals surface area contributed by atoms with Gasteiger partial charge in [-0.3, -0.25) is 9.50 Å². The molecule has 0 unspecified atom stereocenters. The van der Waals surface area contributed by atoms with E-state index >= 15 is 0 Å². The van der Waals surface area contributed by atoms with Crippen molar-refractivity contribution >= 4 is 28.6 Å². The first kappa shape index (κ1) is 22.2. The number of nitrogens with zero attached hydrogens (tertiary/aromatic N) is 3. The summed E-state index contributed by atoms with van der Waals surface area (Å²) in [6, 6.07) is 5.52. The second kappa shape index (κ2) is 9.09. The normalized spacial score (nSPS) is 19.3. The van der Waals surface area contributed by atoms with E-state index in [9.17, 15) is 13.2 Å². The van der Waals surface area contributed by atoms with Gasteiger partial charge in [0, 0.05) is 23.8 Å². The van der Waals surface area contributed by atoms with Crippen LogP contribution in [0, 0.1) is 0 Å². The second-order valence-corrected chi connectivity index (χ2v) is 7.78. The van der Waals surface area contributed by atoms with E-state index < -0.39 is 11.9 Å². The van der Waals surface area contributed by atoms with Crippen LogP contribution in [0.25, 0.3) is 11.2 Å². The van der Waals surface area contributed by atoms with E-state index in [1.807, 2.05) is 6.92 Å². The molecular weight excluding hydrogens is 417 g/mol. The van der Waals surface area contributed by atoms with Crippen LogP contribution in [0.4, 0.5) is 19.0 Å². The number of hydrogen-bond acceptors (Lipinski definition) is 4. The molecule has 0 aliphatic heterocycles. The number of alkyl halides is 3. The zero-order valence-electron chi connectivity index (χ0n) is 16.5. The molecule has 1 saturated carbocycles. The molecule has 0 spiro atoms. The molecule has 4 rings (SSSR count). The van der Waals surface area contributed by atoms with Gasteiger partial charge in [0.25, 0.3) is 0 Å². The smallest absolute Gasteiger partial charge is 0.368 e. The number of nitrogens with one attached hydrogen (secondary N) is 2. The number of fused-ring (bicyclic) bond motifs is 1. The molecule has 4 N–H and O–H groups in total. The van der Waals surface area contributed by atoms with E-state index in [1.54, 1.807) is 24.4 Å². The lowest BCUT2D eigenvalue weighted by Gasteiger charge is -2.27. The van der Waals surface area contributed by atoms with Crippen LogP contribution in [0.15, 0.2) is 37.2 Å². The van der Waals surface area contributed by atoms with Crippen molar-refractivity contribution in [3.8, 4) is 0 Å². The molecule has 0 radical (unpaired) electrons. The third-order valence-corrected chi connectivity index (χ3v) is 5.25. The van der Waals surface area contributed by atoms with Gasteiger partial charge in [-0.25, -0.2) is 4.98 Å². The van der Waals surface area contributed by atoms with Gasteiger partial charge >= 0.3 is 6.18 Å². The van der Waals surface area contributed by atoms with Gasteiger partial charge < -0.3 is 11.1 Å². The van der Waals surface area contributed by atoms with Gasteiger partial charge in [-0.1, -0.05) is 24.2 Å². The monoisotopic (exact) mass is 440 g/mol. The number of imidazole rings is 1. The summed E-state index contributed by atoms with van der Waals surface area (Å²) in [5, 5.41) is 10.2. The third kappa shape index (κ3) is 5.34. The maximum Gasteiger partial charge on any atom is 0.434 e. The zero-order valence-corrected chi connectivity index (χ0v) is 17.3. The molecule has 0 aromatic carbocycles. The van der Waals surface area contributed by atoms with Crippen molar-refractivity contribution in [2.75, 3.05) is 5.32 Å². The molecule has 3 aromatic rings.